The topological polar surface area (TPSA) is 55.1 Å². The number of aryl methyl sites for hydroxylation is 1. The number of ketones is 1. The highest BCUT2D eigenvalue weighted by Crippen LogP contribution is 2.25. The Labute approximate surface area is 80.8 Å². The Bertz CT molecular complexity index is 514. The highest BCUT2D eigenvalue weighted by molar-refractivity contribution is 6.07. The van der Waals surface area contributed by atoms with E-state index in [9.17, 15) is 9.90 Å². The smallest absolute Gasteiger partial charge is 0.165 e. The monoisotopic (exact) mass is 190 g/mol. The molecular formula is C10H10N2O2. The Morgan fingerprint density at radius 1 is 1.50 bits per heavy atom. The van der Waals surface area contributed by atoms with Gasteiger partial charge in [-0.05, 0) is 19.1 Å². The maximum absolute atomic E-state index is 11.3. The predicted molar refractivity (Wildman–Crippen MR) is 52.4 cm³/mol. The molecule has 1 heterocycles. The van der Waals surface area contributed by atoms with E-state index in [0.717, 1.165) is 5.52 Å². The number of fused-ring (bicyclic) bond motifs is 1. The standard InChI is InChI=1S/C10H10N2O2/c1-6(13)9-8(14)4-3-7-10(9)11-5-12(7)2/h3-5,14H,1-2H3. The molecule has 0 radical (unpaired) electrons. The van der Waals surface area contributed by atoms with Gasteiger partial charge in [-0.25, -0.2) is 4.98 Å². The van der Waals surface area contributed by atoms with Crippen molar-refractivity contribution >= 4 is 16.8 Å². The summed E-state index contributed by atoms with van der Waals surface area (Å²) in [6, 6.07) is 3.25. The third-order valence-electron chi connectivity index (χ3n) is 2.23. The Balaban J connectivity index is 2.90. The molecule has 2 rings (SSSR count). The van der Waals surface area contributed by atoms with Crippen molar-refractivity contribution < 1.29 is 9.90 Å². The van der Waals surface area contributed by atoms with Gasteiger partial charge in [0.15, 0.2) is 5.78 Å². The van der Waals surface area contributed by atoms with E-state index in [1.165, 1.54) is 13.0 Å². The lowest BCUT2D eigenvalue weighted by molar-refractivity contribution is 0.101. The average molecular weight is 190 g/mol. The predicted octanol–water partition coefficient (Wildman–Crippen LogP) is 1.48. The number of benzene rings is 1. The molecule has 0 spiro atoms. The van der Waals surface area contributed by atoms with Gasteiger partial charge in [-0.3, -0.25) is 4.79 Å². The highest BCUT2D eigenvalue weighted by atomic mass is 16.3. The van der Waals surface area contributed by atoms with Crippen molar-refractivity contribution in [1.82, 2.24) is 9.55 Å². The molecule has 0 saturated carbocycles. The molecule has 0 fully saturated rings. The zero-order valence-corrected chi connectivity index (χ0v) is 7.98. The van der Waals surface area contributed by atoms with Gasteiger partial charge in [-0.1, -0.05) is 0 Å². The molecule has 0 aliphatic heterocycles. The number of nitrogens with zero attached hydrogens (tertiary/aromatic N) is 2. The largest absolute Gasteiger partial charge is 0.507 e. The summed E-state index contributed by atoms with van der Waals surface area (Å²) in [5, 5.41) is 9.52. The quantitative estimate of drug-likeness (QED) is 0.693. The van der Waals surface area contributed by atoms with Crippen LogP contribution in [0.5, 0.6) is 5.75 Å². The second kappa shape index (κ2) is 2.83. The molecule has 72 valence electrons. The van der Waals surface area contributed by atoms with E-state index in [-0.39, 0.29) is 11.5 Å². The average Bonchev–Trinajstić information content (AvgIpc) is 2.47. The first-order chi connectivity index (χ1) is 6.61. The number of carbonyl (C=O) groups is 1. The second-order valence-corrected chi connectivity index (χ2v) is 3.24. The number of hydrogen-bond acceptors (Lipinski definition) is 3. The molecule has 0 aliphatic carbocycles. The molecule has 0 aliphatic rings. The first kappa shape index (κ1) is 8.74. The SMILES string of the molecule is CC(=O)c1c(O)ccc2c1ncn2C. The summed E-state index contributed by atoms with van der Waals surface area (Å²) in [7, 11) is 1.84. The number of rotatable bonds is 1. The Hall–Kier alpha value is -1.84. The van der Waals surface area contributed by atoms with Gasteiger partial charge < -0.3 is 9.67 Å². The third-order valence-corrected chi connectivity index (χ3v) is 2.23. The number of Topliss-reactive ketones (excluding diaryl/α,β-unsaturated/α-hetero) is 1. The van der Waals surface area contributed by atoms with Crippen LogP contribution in [0.15, 0.2) is 18.5 Å². The molecule has 4 nitrogen and oxygen atoms in total. The molecule has 0 saturated heterocycles. The fourth-order valence-electron chi connectivity index (χ4n) is 1.54. The lowest BCUT2D eigenvalue weighted by atomic mass is 10.1. The first-order valence-electron chi connectivity index (χ1n) is 4.25. The van der Waals surface area contributed by atoms with Crippen molar-refractivity contribution in [2.75, 3.05) is 0 Å². The van der Waals surface area contributed by atoms with Crippen molar-refractivity contribution in [3.63, 3.8) is 0 Å². The molecular weight excluding hydrogens is 180 g/mol. The van der Waals surface area contributed by atoms with E-state index in [2.05, 4.69) is 4.98 Å². The van der Waals surface area contributed by atoms with Gasteiger partial charge in [0.2, 0.25) is 0 Å². The summed E-state index contributed by atoms with van der Waals surface area (Å²) in [5.41, 5.74) is 1.69. The summed E-state index contributed by atoms with van der Waals surface area (Å²) in [4.78, 5) is 15.4. The van der Waals surface area contributed by atoms with Gasteiger partial charge in [0.1, 0.15) is 11.3 Å². The molecule has 0 unspecified atom stereocenters. The summed E-state index contributed by atoms with van der Waals surface area (Å²) in [6.45, 7) is 1.42. The Morgan fingerprint density at radius 3 is 2.86 bits per heavy atom. The van der Waals surface area contributed by atoms with Crippen LogP contribution in [-0.4, -0.2) is 20.4 Å². The van der Waals surface area contributed by atoms with Crippen LogP contribution >= 0.6 is 0 Å². The minimum atomic E-state index is -0.174. The van der Waals surface area contributed by atoms with Crippen LogP contribution < -0.4 is 0 Å². The zero-order chi connectivity index (χ0) is 10.3. The summed E-state index contributed by atoms with van der Waals surface area (Å²) in [6.07, 6.45) is 1.62. The number of phenolic OH excluding ortho intramolecular Hbond substituents is 1. The van der Waals surface area contributed by atoms with E-state index >= 15 is 0 Å². The summed E-state index contributed by atoms with van der Waals surface area (Å²) >= 11 is 0. The minimum Gasteiger partial charge on any atom is -0.507 e. The van der Waals surface area contributed by atoms with Crippen molar-refractivity contribution in [3.05, 3.63) is 24.0 Å². The van der Waals surface area contributed by atoms with Crippen LogP contribution in [-0.2, 0) is 7.05 Å². The maximum atomic E-state index is 11.3. The molecule has 1 aromatic carbocycles. The Morgan fingerprint density at radius 2 is 2.21 bits per heavy atom. The number of phenols is 1. The van der Waals surface area contributed by atoms with E-state index in [1.807, 2.05) is 7.05 Å². The van der Waals surface area contributed by atoms with Crippen LogP contribution in [0, 0.1) is 0 Å². The second-order valence-electron chi connectivity index (χ2n) is 3.24. The number of carbonyl (C=O) groups excluding carboxylic acids is 1. The normalized spacial score (nSPS) is 10.7. The molecule has 1 aromatic heterocycles. The van der Waals surface area contributed by atoms with Crippen molar-refractivity contribution in [2.24, 2.45) is 7.05 Å². The lowest BCUT2D eigenvalue weighted by Crippen LogP contribution is -1.95. The van der Waals surface area contributed by atoms with Crippen LogP contribution in [0.1, 0.15) is 17.3 Å². The molecule has 0 bridgehead atoms. The fraction of sp³-hybridized carbons (Fsp3) is 0.200. The van der Waals surface area contributed by atoms with Crippen molar-refractivity contribution in [1.29, 1.82) is 0 Å². The van der Waals surface area contributed by atoms with E-state index < -0.39 is 0 Å². The minimum absolute atomic E-state index is 0.0105. The van der Waals surface area contributed by atoms with Crippen LogP contribution in [0.4, 0.5) is 0 Å². The molecule has 1 N–H and O–H groups in total. The molecule has 2 aromatic rings. The van der Waals surface area contributed by atoms with E-state index in [4.69, 9.17) is 0 Å². The van der Waals surface area contributed by atoms with Crippen molar-refractivity contribution in [2.45, 2.75) is 6.92 Å². The van der Waals surface area contributed by atoms with Crippen LogP contribution in [0.3, 0.4) is 0 Å². The fourth-order valence-corrected chi connectivity index (χ4v) is 1.54. The molecule has 0 amide bonds. The van der Waals surface area contributed by atoms with Gasteiger partial charge in [-0.2, -0.15) is 0 Å². The number of aromatic nitrogens is 2. The Kier molecular flexibility index (Phi) is 1.77. The molecule has 14 heavy (non-hydrogen) atoms. The molecule has 0 atom stereocenters. The first-order valence-corrected chi connectivity index (χ1v) is 4.25. The highest BCUT2D eigenvalue weighted by Gasteiger charge is 2.13. The number of hydrogen-bond donors (Lipinski definition) is 1. The lowest BCUT2D eigenvalue weighted by Gasteiger charge is -2.01. The van der Waals surface area contributed by atoms with Gasteiger partial charge in [0.05, 0.1) is 17.4 Å². The molecule has 4 heteroatoms. The zero-order valence-electron chi connectivity index (χ0n) is 7.98. The van der Waals surface area contributed by atoms with Crippen molar-refractivity contribution in [3.8, 4) is 5.75 Å². The number of imidazole rings is 1. The van der Waals surface area contributed by atoms with Gasteiger partial charge in [0.25, 0.3) is 0 Å². The van der Waals surface area contributed by atoms with Crippen LogP contribution in [0.25, 0.3) is 11.0 Å². The summed E-state index contributed by atoms with van der Waals surface area (Å²) in [5.74, 6) is -0.185. The maximum Gasteiger partial charge on any atom is 0.165 e. The summed E-state index contributed by atoms with van der Waals surface area (Å²) < 4.78 is 1.81. The van der Waals surface area contributed by atoms with Gasteiger partial charge in [0, 0.05) is 7.05 Å². The van der Waals surface area contributed by atoms with Gasteiger partial charge in [-0.15, -0.1) is 0 Å². The van der Waals surface area contributed by atoms with Gasteiger partial charge >= 0.3 is 0 Å². The van der Waals surface area contributed by atoms with Crippen LogP contribution in [0.2, 0.25) is 0 Å². The van der Waals surface area contributed by atoms with E-state index in [0.29, 0.717) is 11.1 Å². The van der Waals surface area contributed by atoms with E-state index in [1.54, 1.807) is 17.0 Å². The third kappa shape index (κ3) is 1.08. The number of aromatic hydroxyl groups is 1.